The maximum absolute atomic E-state index is 13.9. The Hall–Kier alpha value is -2.13. The summed E-state index contributed by atoms with van der Waals surface area (Å²) in [5.41, 5.74) is 5.77. The molecule has 96 valence electrons. The van der Waals surface area contributed by atoms with Crippen molar-refractivity contribution in [2.75, 3.05) is 5.73 Å². The molecule has 0 spiro atoms. The Balaban J connectivity index is 2.39. The fraction of sp³-hybridized carbons (Fsp3) is 0. The summed E-state index contributed by atoms with van der Waals surface area (Å²) < 4.78 is 32.1. The number of nitrogen functional groups attached to an aromatic ring is 1. The van der Waals surface area contributed by atoms with E-state index in [0.717, 1.165) is 12.1 Å². The van der Waals surface area contributed by atoms with Gasteiger partial charge in [0, 0.05) is 6.07 Å². The zero-order valence-electron chi connectivity index (χ0n) is 9.45. The molecule has 0 saturated carbocycles. The van der Waals surface area contributed by atoms with Crippen LogP contribution in [0.4, 0.5) is 14.5 Å². The van der Waals surface area contributed by atoms with Gasteiger partial charge in [-0.3, -0.25) is 0 Å². The monoisotopic (exact) mass is 324 g/mol. The van der Waals surface area contributed by atoms with E-state index in [4.69, 9.17) is 15.7 Å². The normalized spacial score (nSPS) is 10.0. The standard InChI is InChI=1S/C13H7BrF2N2O/c14-12-7(6-17)1-3-11(13(12)16)19-10-4-2-8(15)5-9(10)18/h1-5H,18H2. The Morgan fingerprint density at radius 2 is 1.84 bits per heavy atom. The zero-order chi connectivity index (χ0) is 14.0. The van der Waals surface area contributed by atoms with E-state index < -0.39 is 11.6 Å². The molecule has 0 atom stereocenters. The van der Waals surface area contributed by atoms with Gasteiger partial charge in [0.2, 0.25) is 0 Å². The molecule has 2 aromatic rings. The van der Waals surface area contributed by atoms with Gasteiger partial charge in [0.15, 0.2) is 17.3 Å². The molecule has 0 radical (unpaired) electrons. The summed E-state index contributed by atoms with van der Waals surface area (Å²) in [7, 11) is 0. The van der Waals surface area contributed by atoms with E-state index in [0.29, 0.717) is 0 Å². The van der Waals surface area contributed by atoms with Gasteiger partial charge in [-0.15, -0.1) is 0 Å². The second kappa shape index (κ2) is 5.24. The number of nitrogens with two attached hydrogens (primary N) is 1. The van der Waals surface area contributed by atoms with E-state index in [9.17, 15) is 8.78 Å². The van der Waals surface area contributed by atoms with Gasteiger partial charge in [0.05, 0.1) is 15.7 Å². The van der Waals surface area contributed by atoms with Crippen molar-refractivity contribution in [3.05, 3.63) is 52.0 Å². The third kappa shape index (κ3) is 2.66. The molecule has 0 aromatic heterocycles. The highest BCUT2D eigenvalue weighted by Crippen LogP contribution is 2.33. The first-order chi connectivity index (χ1) is 9.02. The summed E-state index contributed by atoms with van der Waals surface area (Å²) in [5, 5.41) is 8.75. The molecule has 0 amide bonds. The SMILES string of the molecule is N#Cc1ccc(Oc2ccc(F)cc2N)c(F)c1Br. The predicted molar refractivity (Wildman–Crippen MR) is 69.7 cm³/mol. The molecule has 3 nitrogen and oxygen atoms in total. The van der Waals surface area contributed by atoms with E-state index in [1.165, 1.54) is 18.2 Å². The molecule has 19 heavy (non-hydrogen) atoms. The van der Waals surface area contributed by atoms with Crippen LogP contribution in [0.1, 0.15) is 5.56 Å². The molecule has 0 aliphatic heterocycles. The molecule has 2 rings (SSSR count). The van der Waals surface area contributed by atoms with Crippen molar-refractivity contribution < 1.29 is 13.5 Å². The minimum absolute atomic E-state index is 0.00758. The molecule has 6 heteroatoms. The predicted octanol–water partition coefficient (Wildman–Crippen LogP) is 3.97. The van der Waals surface area contributed by atoms with Crippen LogP contribution in [0.3, 0.4) is 0 Å². The molecule has 2 aromatic carbocycles. The number of halogens is 3. The van der Waals surface area contributed by atoms with Crippen LogP contribution < -0.4 is 10.5 Å². The molecule has 0 saturated heterocycles. The van der Waals surface area contributed by atoms with E-state index in [1.807, 2.05) is 6.07 Å². The summed E-state index contributed by atoms with van der Waals surface area (Å²) in [6, 6.07) is 8.07. The Labute approximate surface area is 116 Å². The van der Waals surface area contributed by atoms with Crippen LogP contribution in [0.15, 0.2) is 34.8 Å². The van der Waals surface area contributed by atoms with Gasteiger partial charge in [0.25, 0.3) is 0 Å². The highest BCUT2D eigenvalue weighted by atomic mass is 79.9. The molecule has 0 heterocycles. The third-order valence-electron chi connectivity index (χ3n) is 2.36. The number of nitrogens with zero attached hydrogens (tertiary/aromatic N) is 1. The molecule has 0 unspecified atom stereocenters. The van der Waals surface area contributed by atoms with Gasteiger partial charge in [-0.25, -0.2) is 8.78 Å². The van der Waals surface area contributed by atoms with Crippen molar-refractivity contribution in [1.82, 2.24) is 0 Å². The molecule has 0 aliphatic carbocycles. The van der Waals surface area contributed by atoms with E-state index in [1.54, 1.807) is 0 Å². The van der Waals surface area contributed by atoms with Crippen molar-refractivity contribution >= 4 is 21.6 Å². The fourth-order valence-corrected chi connectivity index (χ4v) is 1.84. The largest absolute Gasteiger partial charge is 0.452 e. The molecular formula is C13H7BrF2N2O. The summed E-state index contributed by atoms with van der Waals surface area (Å²) in [5.74, 6) is -1.20. The summed E-state index contributed by atoms with van der Waals surface area (Å²) in [6.45, 7) is 0. The molecular weight excluding hydrogens is 318 g/mol. The quantitative estimate of drug-likeness (QED) is 0.850. The first-order valence-electron chi connectivity index (χ1n) is 5.14. The first-order valence-corrected chi connectivity index (χ1v) is 5.93. The lowest BCUT2D eigenvalue weighted by Gasteiger charge is -2.10. The topological polar surface area (TPSA) is 59.0 Å². The highest BCUT2D eigenvalue weighted by molar-refractivity contribution is 9.10. The summed E-state index contributed by atoms with van der Waals surface area (Å²) in [6.07, 6.45) is 0. The lowest BCUT2D eigenvalue weighted by atomic mass is 10.2. The lowest BCUT2D eigenvalue weighted by Crippen LogP contribution is -1.96. The van der Waals surface area contributed by atoms with Crippen LogP contribution in [0.2, 0.25) is 0 Å². The Morgan fingerprint density at radius 3 is 2.47 bits per heavy atom. The second-order valence-corrected chi connectivity index (χ2v) is 4.43. The highest BCUT2D eigenvalue weighted by Gasteiger charge is 2.14. The van der Waals surface area contributed by atoms with Crippen LogP contribution in [0.5, 0.6) is 11.5 Å². The minimum Gasteiger partial charge on any atom is -0.452 e. The smallest absolute Gasteiger partial charge is 0.181 e. The van der Waals surface area contributed by atoms with Crippen LogP contribution in [0.25, 0.3) is 0 Å². The Kier molecular flexibility index (Phi) is 3.67. The van der Waals surface area contributed by atoms with E-state index >= 15 is 0 Å². The molecule has 0 aliphatic rings. The van der Waals surface area contributed by atoms with Gasteiger partial charge < -0.3 is 10.5 Å². The van der Waals surface area contributed by atoms with Crippen LogP contribution >= 0.6 is 15.9 Å². The van der Waals surface area contributed by atoms with Gasteiger partial charge in [-0.1, -0.05) is 0 Å². The molecule has 2 N–H and O–H groups in total. The van der Waals surface area contributed by atoms with Crippen molar-refractivity contribution in [2.24, 2.45) is 0 Å². The number of nitriles is 1. The second-order valence-electron chi connectivity index (χ2n) is 3.64. The zero-order valence-corrected chi connectivity index (χ0v) is 11.0. The minimum atomic E-state index is -0.720. The van der Waals surface area contributed by atoms with Gasteiger partial charge >= 0.3 is 0 Å². The van der Waals surface area contributed by atoms with Crippen LogP contribution in [-0.2, 0) is 0 Å². The van der Waals surface area contributed by atoms with E-state index in [-0.39, 0.29) is 27.2 Å². The first kappa shape index (κ1) is 13.3. The van der Waals surface area contributed by atoms with Gasteiger partial charge in [-0.05, 0) is 40.2 Å². The number of rotatable bonds is 2. The summed E-state index contributed by atoms with van der Waals surface area (Å²) in [4.78, 5) is 0. The Bertz CT molecular complexity index is 683. The number of benzene rings is 2. The third-order valence-corrected chi connectivity index (χ3v) is 3.13. The fourth-order valence-electron chi connectivity index (χ4n) is 1.43. The number of anilines is 1. The van der Waals surface area contributed by atoms with Crippen LogP contribution in [-0.4, -0.2) is 0 Å². The maximum Gasteiger partial charge on any atom is 0.181 e. The van der Waals surface area contributed by atoms with E-state index in [2.05, 4.69) is 15.9 Å². The van der Waals surface area contributed by atoms with Crippen molar-refractivity contribution in [2.45, 2.75) is 0 Å². The molecule has 0 fully saturated rings. The average Bonchev–Trinajstić information content (AvgIpc) is 2.38. The lowest BCUT2D eigenvalue weighted by molar-refractivity contribution is 0.441. The number of hydrogen-bond acceptors (Lipinski definition) is 3. The molecule has 0 bridgehead atoms. The van der Waals surface area contributed by atoms with Crippen molar-refractivity contribution in [1.29, 1.82) is 5.26 Å². The Morgan fingerprint density at radius 1 is 1.16 bits per heavy atom. The summed E-state index contributed by atoms with van der Waals surface area (Å²) >= 11 is 2.97. The van der Waals surface area contributed by atoms with Crippen molar-refractivity contribution in [3.63, 3.8) is 0 Å². The van der Waals surface area contributed by atoms with Crippen molar-refractivity contribution in [3.8, 4) is 17.6 Å². The van der Waals surface area contributed by atoms with Gasteiger partial charge in [0.1, 0.15) is 11.9 Å². The average molecular weight is 325 g/mol. The number of hydrogen-bond donors (Lipinski definition) is 1. The maximum atomic E-state index is 13.9. The number of ether oxygens (including phenoxy) is 1. The van der Waals surface area contributed by atoms with Gasteiger partial charge in [-0.2, -0.15) is 5.26 Å². The van der Waals surface area contributed by atoms with Crippen LogP contribution in [0, 0.1) is 23.0 Å².